The molecule has 0 bridgehead atoms. The second-order valence-electron chi connectivity index (χ2n) is 5.30. The molecule has 0 aliphatic carbocycles. The fourth-order valence-corrected chi connectivity index (χ4v) is 2.58. The Balaban J connectivity index is 1.98. The summed E-state index contributed by atoms with van der Waals surface area (Å²) in [4.78, 5) is 2.28. The van der Waals surface area contributed by atoms with Gasteiger partial charge < -0.3 is 9.64 Å². The molecule has 3 rings (SSSR count). The summed E-state index contributed by atoms with van der Waals surface area (Å²) in [5.74, 6) is 5.85. The molecule has 2 aromatic rings. The van der Waals surface area contributed by atoms with Crippen LogP contribution in [0.15, 0.2) is 42.5 Å². The van der Waals surface area contributed by atoms with Crippen molar-refractivity contribution in [2.45, 2.75) is 6.92 Å². The average molecular weight is 295 g/mol. The molecule has 3 heteroatoms. The van der Waals surface area contributed by atoms with Gasteiger partial charge in [0.25, 0.3) is 0 Å². The summed E-state index contributed by atoms with van der Waals surface area (Å²) >= 11 is 0. The van der Waals surface area contributed by atoms with Crippen LogP contribution < -0.4 is 4.90 Å². The van der Waals surface area contributed by atoms with Crippen LogP contribution >= 0.6 is 0 Å². The van der Waals surface area contributed by atoms with Crippen molar-refractivity contribution in [3.8, 4) is 11.8 Å². The van der Waals surface area contributed by atoms with E-state index in [2.05, 4.69) is 22.8 Å². The minimum absolute atomic E-state index is 0.281. The minimum Gasteiger partial charge on any atom is -0.378 e. The van der Waals surface area contributed by atoms with E-state index in [0.717, 1.165) is 43.1 Å². The number of morpholine rings is 1. The number of aryl methyl sites for hydroxylation is 1. The first-order chi connectivity index (χ1) is 10.8. The second-order valence-corrected chi connectivity index (χ2v) is 5.30. The van der Waals surface area contributed by atoms with Crippen molar-refractivity contribution < 1.29 is 9.13 Å². The van der Waals surface area contributed by atoms with E-state index in [1.165, 1.54) is 6.07 Å². The Labute approximate surface area is 130 Å². The maximum atomic E-state index is 13.7. The Morgan fingerprint density at radius 1 is 1.00 bits per heavy atom. The van der Waals surface area contributed by atoms with Crippen LogP contribution in [0.3, 0.4) is 0 Å². The van der Waals surface area contributed by atoms with Crippen LogP contribution in [0.4, 0.5) is 10.1 Å². The smallest absolute Gasteiger partial charge is 0.138 e. The van der Waals surface area contributed by atoms with Gasteiger partial charge in [0.2, 0.25) is 0 Å². The Morgan fingerprint density at radius 2 is 1.77 bits per heavy atom. The molecule has 112 valence electrons. The molecule has 0 radical (unpaired) electrons. The molecule has 0 saturated carbocycles. The Morgan fingerprint density at radius 3 is 2.55 bits per heavy atom. The molecule has 1 aliphatic heterocycles. The second kappa shape index (κ2) is 6.64. The van der Waals surface area contributed by atoms with Crippen molar-refractivity contribution in [1.29, 1.82) is 0 Å². The van der Waals surface area contributed by atoms with E-state index in [-0.39, 0.29) is 5.82 Å². The van der Waals surface area contributed by atoms with E-state index in [1.54, 1.807) is 18.2 Å². The van der Waals surface area contributed by atoms with E-state index in [0.29, 0.717) is 5.56 Å². The predicted octanol–water partition coefficient (Wildman–Crippen LogP) is 3.37. The van der Waals surface area contributed by atoms with E-state index in [1.807, 2.05) is 19.1 Å². The van der Waals surface area contributed by atoms with Crippen molar-refractivity contribution in [2.24, 2.45) is 0 Å². The van der Waals surface area contributed by atoms with E-state index in [9.17, 15) is 4.39 Å². The van der Waals surface area contributed by atoms with Crippen LogP contribution in [0.5, 0.6) is 0 Å². The van der Waals surface area contributed by atoms with Gasteiger partial charge >= 0.3 is 0 Å². The highest BCUT2D eigenvalue weighted by molar-refractivity contribution is 5.65. The molecule has 0 unspecified atom stereocenters. The van der Waals surface area contributed by atoms with Crippen LogP contribution in [0.1, 0.15) is 16.7 Å². The van der Waals surface area contributed by atoms with E-state index >= 15 is 0 Å². The van der Waals surface area contributed by atoms with Crippen LogP contribution in [-0.2, 0) is 4.74 Å². The lowest BCUT2D eigenvalue weighted by Gasteiger charge is -2.30. The maximum absolute atomic E-state index is 13.7. The van der Waals surface area contributed by atoms with Gasteiger partial charge in [0.05, 0.1) is 30.0 Å². The van der Waals surface area contributed by atoms with Crippen LogP contribution in [-0.4, -0.2) is 26.3 Å². The van der Waals surface area contributed by atoms with Gasteiger partial charge in [0, 0.05) is 13.1 Å². The molecule has 0 spiro atoms. The first kappa shape index (κ1) is 14.6. The number of ether oxygens (including phenoxy) is 1. The molecule has 1 saturated heterocycles. The molecule has 2 nitrogen and oxygen atoms in total. The number of rotatable bonds is 1. The molecule has 1 aliphatic rings. The van der Waals surface area contributed by atoms with Gasteiger partial charge in [0.15, 0.2) is 0 Å². The molecule has 1 heterocycles. The molecule has 0 atom stereocenters. The lowest BCUT2D eigenvalue weighted by atomic mass is 10.0. The largest absolute Gasteiger partial charge is 0.378 e. The standard InChI is InChI=1S/C19H18FNO/c1-15-5-4-8-19(21-11-13-22-14-12-21)17(15)10-9-16-6-2-3-7-18(16)20/h2-8H,11-14H2,1H3. The van der Waals surface area contributed by atoms with Gasteiger partial charge in [-0.1, -0.05) is 36.1 Å². The fraction of sp³-hybridized carbons (Fsp3) is 0.263. The third kappa shape index (κ3) is 3.13. The number of halogens is 1. The zero-order valence-electron chi connectivity index (χ0n) is 12.6. The third-order valence-electron chi connectivity index (χ3n) is 3.80. The summed E-state index contributed by atoms with van der Waals surface area (Å²) in [7, 11) is 0. The Bertz CT molecular complexity index is 724. The van der Waals surface area contributed by atoms with Gasteiger partial charge in [0.1, 0.15) is 5.82 Å². The average Bonchev–Trinajstić information content (AvgIpc) is 2.56. The zero-order chi connectivity index (χ0) is 15.4. The molecule has 0 aromatic heterocycles. The van der Waals surface area contributed by atoms with Crippen molar-refractivity contribution in [1.82, 2.24) is 0 Å². The fourth-order valence-electron chi connectivity index (χ4n) is 2.58. The molecule has 22 heavy (non-hydrogen) atoms. The zero-order valence-corrected chi connectivity index (χ0v) is 12.6. The summed E-state index contributed by atoms with van der Waals surface area (Å²) < 4.78 is 19.1. The first-order valence-corrected chi connectivity index (χ1v) is 7.44. The van der Waals surface area contributed by atoms with Gasteiger partial charge in [-0.3, -0.25) is 0 Å². The lowest BCUT2D eigenvalue weighted by Crippen LogP contribution is -2.36. The summed E-state index contributed by atoms with van der Waals surface area (Å²) in [6, 6.07) is 12.8. The SMILES string of the molecule is Cc1cccc(N2CCOCC2)c1C#Cc1ccccc1F. The maximum Gasteiger partial charge on any atom is 0.138 e. The highest BCUT2D eigenvalue weighted by Crippen LogP contribution is 2.24. The van der Waals surface area contributed by atoms with Crippen LogP contribution in [0.2, 0.25) is 0 Å². The molecule has 0 N–H and O–H groups in total. The van der Waals surface area contributed by atoms with E-state index < -0.39 is 0 Å². The number of benzene rings is 2. The van der Waals surface area contributed by atoms with Crippen LogP contribution in [0, 0.1) is 24.6 Å². The monoisotopic (exact) mass is 295 g/mol. The Kier molecular flexibility index (Phi) is 4.41. The van der Waals surface area contributed by atoms with Gasteiger partial charge in [-0.2, -0.15) is 0 Å². The Hall–Kier alpha value is -2.31. The quantitative estimate of drug-likeness (QED) is 0.748. The third-order valence-corrected chi connectivity index (χ3v) is 3.80. The summed E-state index contributed by atoms with van der Waals surface area (Å²) in [5, 5.41) is 0. The lowest BCUT2D eigenvalue weighted by molar-refractivity contribution is 0.122. The minimum atomic E-state index is -0.281. The molecule has 2 aromatic carbocycles. The van der Waals surface area contributed by atoms with Crippen molar-refractivity contribution in [3.63, 3.8) is 0 Å². The number of anilines is 1. The van der Waals surface area contributed by atoms with Crippen LogP contribution in [0.25, 0.3) is 0 Å². The highest BCUT2D eigenvalue weighted by Gasteiger charge is 2.14. The van der Waals surface area contributed by atoms with Crippen molar-refractivity contribution >= 4 is 5.69 Å². The van der Waals surface area contributed by atoms with Gasteiger partial charge in [-0.05, 0) is 30.7 Å². The van der Waals surface area contributed by atoms with Gasteiger partial charge in [-0.15, -0.1) is 0 Å². The summed E-state index contributed by atoms with van der Waals surface area (Å²) in [5.41, 5.74) is 3.60. The molecular formula is C19H18FNO. The normalized spacial score (nSPS) is 14.4. The van der Waals surface area contributed by atoms with E-state index in [4.69, 9.17) is 4.74 Å². The summed E-state index contributed by atoms with van der Waals surface area (Å²) in [6.07, 6.45) is 0. The molecular weight excluding hydrogens is 277 g/mol. The number of nitrogens with zero attached hydrogens (tertiary/aromatic N) is 1. The topological polar surface area (TPSA) is 12.5 Å². The van der Waals surface area contributed by atoms with Gasteiger partial charge in [-0.25, -0.2) is 4.39 Å². The first-order valence-electron chi connectivity index (χ1n) is 7.44. The summed E-state index contributed by atoms with van der Waals surface area (Å²) in [6.45, 7) is 5.22. The number of hydrogen-bond acceptors (Lipinski definition) is 2. The highest BCUT2D eigenvalue weighted by atomic mass is 19.1. The predicted molar refractivity (Wildman–Crippen MR) is 86.6 cm³/mol. The van der Waals surface area contributed by atoms with Crippen molar-refractivity contribution in [2.75, 3.05) is 31.2 Å². The number of hydrogen-bond donors (Lipinski definition) is 0. The molecule has 1 fully saturated rings. The van der Waals surface area contributed by atoms with Crippen molar-refractivity contribution in [3.05, 3.63) is 65.0 Å². The molecule has 0 amide bonds.